The van der Waals surface area contributed by atoms with Crippen molar-refractivity contribution in [1.82, 2.24) is 9.91 Å². The molecule has 1 heterocycles. The van der Waals surface area contributed by atoms with E-state index in [0.29, 0.717) is 17.9 Å². The van der Waals surface area contributed by atoms with Crippen LogP contribution in [0.5, 0.6) is 11.5 Å². The van der Waals surface area contributed by atoms with E-state index >= 15 is 0 Å². The molecule has 0 aliphatic carbocycles. The maximum Gasteiger partial charge on any atom is 0.262 e. The Kier molecular flexibility index (Phi) is 7.25. The predicted octanol–water partition coefficient (Wildman–Crippen LogP) is 2.49. The molecule has 0 fully saturated rings. The van der Waals surface area contributed by atoms with Crippen LogP contribution in [0.3, 0.4) is 0 Å². The first-order valence-electron chi connectivity index (χ1n) is 9.88. The van der Waals surface area contributed by atoms with Crippen LogP contribution in [-0.4, -0.2) is 69.0 Å². The third-order valence-electron chi connectivity index (χ3n) is 5.14. The number of likely N-dealkylation sites (N-methyl/N-ethyl adjacent to an activating group) is 1. The molecule has 0 spiro atoms. The zero-order chi connectivity index (χ0) is 22.4. The van der Waals surface area contributed by atoms with Crippen molar-refractivity contribution in [3.05, 3.63) is 59.7 Å². The number of hydrazone groups is 1. The second-order valence-corrected chi connectivity index (χ2v) is 7.16. The summed E-state index contributed by atoms with van der Waals surface area (Å²) >= 11 is 0. The minimum Gasteiger partial charge on any atom is -0.497 e. The standard InChI is InChI=1S/C23H27N3O5/c1-25(23(28)15-29-2)14-22(27)26-20(16-8-6-5-7-9-16)13-19(24-26)18-11-10-17(30-3)12-21(18)31-4/h5-12,20H,13-15H2,1-4H3/t20-/m1/s1. The molecule has 0 bridgehead atoms. The van der Waals surface area contributed by atoms with Crippen molar-refractivity contribution in [3.63, 3.8) is 0 Å². The van der Waals surface area contributed by atoms with Crippen LogP contribution in [0.25, 0.3) is 0 Å². The maximum atomic E-state index is 13.1. The van der Waals surface area contributed by atoms with Gasteiger partial charge in [-0.05, 0) is 17.7 Å². The number of nitrogens with zero attached hydrogens (tertiary/aromatic N) is 3. The Labute approximate surface area is 182 Å². The van der Waals surface area contributed by atoms with E-state index in [-0.39, 0.29) is 31.0 Å². The third kappa shape index (κ3) is 5.03. The lowest BCUT2D eigenvalue weighted by atomic mass is 9.98. The summed E-state index contributed by atoms with van der Waals surface area (Å²) in [6, 6.07) is 14.9. The summed E-state index contributed by atoms with van der Waals surface area (Å²) in [5, 5.41) is 6.11. The summed E-state index contributed by atoms with van der Waals surface area (Å²) in [6.45, 7) is -0.175. The molecule has 2 amide bonds. The Morgan fingerprint density at radius 2 is 1.84 bits per heavy atom. The lowest BCUT2D eigenvalue weighted by Gasteiger charge is -2.24. The van der Waals surface area contributed by atoms with Crippen molar-refractivity contribution in [3.8, 4) is 11.5 Å². The van der Waals surface area contributed by atoms with Gasteiger partial charge >= 0.3 is 0 Å². The highest BCUT2D eigenvalue weighted by Crippen LogP contribution is 2.36. The molecule has 0 saturated carbocycles. The Bertz CT molecular complexity index is 961. The maximum absolute atomic E-state index is 13.1. The van der Waals surface area contributed by atoms with Gasteiger partial charge in [0.2, 0.25) is 5.91 Å². The number of carbonyl (C=O) groups excluding carboxylic acids is 2. The van der Waals surface area contributed by atoms with Crippen molar-refractivity contribution in [2.45, 2.75) is 12.5 Å². The smallest absolute Gasteiger partial charge is 0.262 e. The van der Waals surface area contributed by atoms with E-state index in [1.165, 1.54) is 17.0 Å². The number of hydrogen-bond acceptors (Lipinski definition) is 6. The van der Waals surface area contributed by atoms with Crippen LogP contribution in [0, 0.1) is 0 Å². The molecule has 164 valence electrons. The van der Waals surface area contributed by atoms with Gasteiger partial charge in [0.05, 0.1) is 26.0 Å². The minimum atomic E-state index is -0.276. The van der Waals surface area contributed by atoms with E-state index in [1.54, 1.807) is 27.3 Å². The molecule has 2 aromatic rings. The van der Waals surface area contributed by atoms with Crippen LogP contribution in [0.4, 0.5) is 0 Å². The number of hydrogen-bond donors (Lipinski definition) is 0. The van der Waals surface area contributed by atoms with Gasteiger partial charge in [-0.1, -0.05) is 30.3 Å². The van der Waals surface area contributed by atoms with E-state index in [1.807, 2.05) is 42.5 Å². The van der Waals surface area contributed by atoms with Crippen LogP contribution in [0.2, 0.25) is 0 Å². The highest BCUT2D eigenvalue weighted by molar-refractivity contribution is 6.05. The first-order valence-corrected chi connectivity index (χ1v) is 9.88. The monoisotopic (exact) mass is 425 g/mol. The fourth-order valence-corrected chi connectivity index (χ4v) is 3.47. The van der Waals surface area contributed by atoms with Crippen LogP contribution >= 0.6 is 0 Å². The molecule has 0 radical (unpaired) electrons. The number of rotatable bonds is 8. The van der Waals surface area contributed by atoms with Crippen molar-refractivity contribution < 1.29 is 23.8 Å². The van der Waals surface area contributed by atoms with E-state index < -0.39 is 0 Å². The van der Waals surface area contributed by atoms with Crippen LogP contribution in [-0.2, 0) is 14.3 Å². The zero-order valence-electron chi connectivity index (χ0n) is 18.2. The summed E-state index contributed by atoms with van der Waals surface area (Å²) in [4.78, 5) is 26.5. The lowest BCUT2D eigenvalue weighted by Crippen LogP contribution is -2.40. The number of ether oxygens (including phenoxy) is 3. The fraction of sp³-hybridized carbons (Fsp3) is 0.348. The second-order valence-electron chi connectivity index (χ2n) is 7.16. The van der Waals surface area contributed by atoms with Gasteiger partial charge in [-0.25, -0.2) is 5.01 Å². The zero-order valence-corrected chi connectivity index (χ0v) is 18.2. The van der Waals surface area contributed by atoms with Gasteiger partial charge < -0.3 is 19.1 Å². The van der Waals surface area contributed by atoms with Gasteiger partial charge in [0.15, 0.2) is 0 Å². The minimum absolute atomic E-state index is 0.0799. The van der Waals surface area contributed by atoms with Crippen LogP contribution in [0.15, 0.2) is 53.6 Å². The highest BCUT2D eigenvalue weighted by atomic mass is 16.5. The molecular weight excluding hydrogens is 398 g/mol. The summed E-state index contributed by atoms with van der Waals surface area (Å²) < 4.78 is 15.7. The fourth-order valence-electron chi connectivity index (χ4n) is 3.47. The molecule has 1 aliphatic rings. The van der Waals surface area contributed by atoms with E-state index in [0.717, 1.165) is 16.8 Å². The summed E-state index contributed by atoms with van der Waals surface area (Å²) in [5.74, 6) is 0.743. The van der Waals surface area contributed by atoms with Gasteiger partial charge in [-0.2, -0.15) is 5.10 Å². The van der Waals surface area contributed by atoms with E-state index in [4.69, 9.17) is 14.2 Å². The lowest BCUT2D eigenvalue weighted by molar-refractivity contribution is -0.142. The SMILES string of the molecule is COCC(=O)N(C)CC(=O)N1N=C(c2ccc(OC)cc2OC)C[C@@H]1c1ccccc1. The van der Waals surface area contributed by atoms with Crippen molar-refractivity contribution in [1.29, 1.82) is 0 Å². The molecule has 2 aromatic carbocycles. The molecule has 8 nitrogen and oxygen atoms in total. The van der Waals surface area contributed by atoms with Gasteiger partial charge in [0.25, 0.3) is 5.91 Å². The Morgan fingerprint density at radius 1 is 1.10 bits per heavy atom. The Morgan fingerprint density at radius 3 is 2.48 bits per heavy atom. The molecule has 8 heteroatoms. The van der Waals surface area contributed by atoms with Gasteiger partial charge in [-0.3, -0.25) is 9.59 Å². The topological polar surface area (TPSA) is 80.7 Å². The van der Waals surface area contributed by atoms with E-state index in [9.17, 15) is 9.59 Å². The molecule has 3 rings (SSSR count). The summed E-state index contributed by atoms with van der Waals surface area (Å²) in [6.07, 6.45) is 0.522. The summed E-state index contributed by atoms with van der Waals surface area (Å²) in [5.41, 5.74) is 2.49. The third-order valence-corrected chi connectivity index (χ3v) is 5.14. The number of carbonyl (C=O) groups is 2. The largest absolute Gasteiger partial charge is 0.497 e. The van der Waals surface area contributed by atoms with Crippen LogP contribution in [0.1, 0.15) is 23.6 Å². The summed E-state index contributed by atoms with van der Waals surface area (Å²) in [7, 11) is 6.19. The molecule has 0 unspecified atom stereocenters. The number of amides is 2. The molecular formula is C23H27N3O5. The molecule has 31 heavy (non-hydrogen) atoms. The molecule has 0 saturated heterocycles. The number of methoxy groups -OCH3 is 3. The van der Waals surface area contributed by atoms with Crippen LogP contribution < -0.4 is 9.47 Å². The molecule has 0 N–H and O–H groups in total. The second kappa shape index (κ2) is 10.1. The first-order chi connectivity index (χ1) is 15.0. The Balaban J connectivity index is 1.92. The average Bonchev–Trinajstić information content (AvgIpc) is 3.24. The normalized spacial score (nSPS) is 15.4. The Hall–Kier alpha value is -3.39. The van der Waals surface area contributed by atoms with Crippen molar-refractivity contribution in [2.24, 2.45) is 5.10 Å². The van der Waals surface area contributed by atoms with Gasteiger partial charge in [0, 0.05) is 32.2 Å². The van der Waals surface area contributed by atoms with E-state index in [2.05, 4.69) is 5.10 Å². The van der Waals surface area contributed by atoms with Crippen molar-refractivity contribution >= 4 is 17.5 Å². The van der Waals surface area contributed by atoms with Gasteiger partial charge in [-0.15, -0.1) is 0 Å². The quantitative estimate of drug-likeness (QED) is 0.649. The highest BCUT2D eigenvalue weighted by Gasteiger charge is 2.34. The van der Waals surface area contributed by atoms with Crippen molar-refractivity contribution in [2.75, 3.05) is 41.5 Å². The molecule has 1 aliphatic heterocycles. The predicted molar refractivity (Wildman–Crippen MR) is 116 cm³/mol. The molecule has 1 atom stereocenters. The van der Waals surface area contributed by atoms with Gasteiger partial charge in [0.1, 0.15) is 24.7 Å². The molecule has 0 aromatic heterocycles. The number of benzene rings is 2. The first kappa shape index (κ1) is 22.3. The average molecular weight is 425 g/mol.